The van der Waals surface area contributed by atoms with E-state index in [0.717, 1.165) is 96.4 Å². The van der Waals surface area contributed by atoms with Crippen molar-refractivity contribution >= 4 is 60.7 Å². The summed E-state index contributed by atoms with van der Waals surface area (Å²) in [6.45, 7) is 1.91. The molecule has 0 radical (unpaired) electrons. The van der Waals surface area contributed by atoms with Crippen molar-refractivity contribution in [2.24, 2.45) is 47.3 Å². The summed E-state index contributed by atoms with van der Waals surface area (Å²) in [5, 5.41) is 1.23. The van der Waals surface area contributed by atoms with E-state index in [9.17, 15) is 9.59 Å². The average Bonchev–Trinajstić information content (AvgIpc) is 3.72. The molecule has 0 aliphatic heterocycles. The van der Waals surface area contributed by atoms with Gasteiger partial charge in [0.2, 0.25) is 0 Å². The molecule has 10 heteroatoms. The summed E-state index contributed by atoms with van der Waals surface area (Å²) in [4.78, 5) is 23.9. The highest BCUT2D eigenvalue weighted by atomic mass is 32.2. The number of carbonyl (C=O) groups excluding carboxylic acids is 2. The van der Waals surface area contributed by atoms with Crippen LogP contribution in [0.3, 0.4) is 0 Å². The Kier molecular flexibility index (Phi) is 12.3. The second-order valence-corrected chi connectivity index (χ2v) is 17.9. The number of fused-ring (bicyclic) bond motifs is 9. The minimum atomic E-state index is -0.226. The van der Waals surface area contributed by atoms with E-state index in [1.54, 1.807) is 23.5 Å². The Balaban J connectivity index is 0.678. The highest BCUT2D eigenvalue weighted by Gasteiger charge is 2.63. The second kappa shape index (κ2) is 15.9. The molecule has 0 spiro atoms. The molecule has 6 fully saturated rings. The summed E-state index contributed by atoms with van der Waals surface area (Å²) in [5.74, 6) is 10.1. The number of hydrogen-bond acceptors (Lipinski definition) is 10. The molecule has 0 aromatic rings. The monoisotopic (exact) mass is 672 g/mol. The van der Waals surface area contributed by atoms with Gasteiger partial charge in [0.1, 0.15) is 13.2 Å². The molecule has 12 unspecified atom stereocenters. The van der Waals surface area contributed by atoms with E-state index < -0.39 is 0 Å². The number of carbonyl (C=O) groups is 2. The predicted molar refractivity (Wildman–Crippen MR) is 180 cm³/mol. The molecule has 0 N–H and O–H groups in total. The number of thiol groups is 2. The van der Waals surface area contributed by atoms with Crippen molar-refractivity contribution in [3.63, 3.8) is 0 Å². The summed E-state index contributed by atoms with van der Waals surface area (Å²) >= 11 is 13.0. The predicted octanol–water partition coefficient (Wildman–Crippen LogP) is 6.21. The maximum Gasteiger partial charge on any atom is 0.306 e. The van der Waals surface area contributed by atoms with Crippen molar-refractivity contribution in [1.29, 1.82) is 0 Å². The Bertz CT molecular complexity index is 939. The van der Waals surface area contributed by atoms with Crippen molar-refractivity contribution in [2.75, 3.05) is 49.4 Å². The summed E-state index contributed by atoms with van der Waals surface area (Å²) in [7, 11) is 0. The molecule has 0 saturated heterocycles. The summed E-state index contributed by atoms with van der Waals surface area (Å²) < 4.78 is 22.9. The van der Waals surface area contributed by atoms with Gasteiger partial charge in [-0.15, -0.1) is 0 Å². The highest BCUT2D eigenvalue weighted by molar-refractivity contribution is 7.99. The molecule has 244 valence electrons. The SMILES string of the molecule is O=C(CCSCCCOC1CC2CC1C1CC(S)CC21)OCCOC(=O)CCSCCCOC1CC2C3CC(S)CC3C12. The molecule has 0 heterocycles. The molecular weight excluding hydrogens is 621 g/mol. The van der Waals surface area contributed by atoms with Gasteiger partial charge in [-0.25, -0.2) is 0 Å². The zero-order chi connectivity index (χ0) is 29.8. The van der Waals surface area contributed by atoms with Crippen LogP contribution in [-0.2, 0) is 28.5 Å². The van der Waals surface area contributed by atoms with E-state index in [2.05, 4.69) is 0 Å². The number of hydrogen-bond donors (Lipinski definition) is 2. The number of thioether (sulfide) groups is 2. The van der Waals surface area contributed by atoms with E-state index in [0.29, 0.717) is 35.5 Å². The topological polar surface area (TPSA) is 71.1 Å². The van der Waals surface area contributed by atoms with Crippen LogP contribution in [0.5, 0.6) is 0 Å². The van der Waals surface area contributed by atoms with E-state index in [4.69, 9.17) is 44.2 Å². The fourth-order valence-electron chi connectivity index (χ4n) is 9.69. The first kappa shape index (κ1) is 33.2. The third kappa shape index (κ3) is 8.22. The smallest absolute Gasteiger partial charge is 0.306 e. The fraction of sp³-hybridized carbons (Fsp3) is 0.939. The zero-order valence-corrected chi connectivity index (χ0v) is 28.9. The van der Waals surface area contributed by atoms with Crippen LogP contribution in [0.1, 0.15) is 70.6 Å². The normalized spacial score (nSPS) is 40.0. The Labute approximate surface area is 278 Å². The number of esters is 2. The Morgan fingerprint density at radius 2 is 1.09 bits per heavy atom. The maximum atomic E-state index is 12.0. The lowest BCUT2D eigenvalue weighted by Crippen LogP contribution is -2.60. The first-order valence-electron chi connectivity index (χ1n) is 17.0. The molecule has 43 heavy (non-hydrogen) atoms. The Morgan fingerprint density at radius 1 is 0.558 bits per heavy atom. The second-order valence-electron chi connectivity index (χ2n) is 14.0. The summed E-state index contributed by atoms with van der Waals surface area (Å²) in [6, 6.07) is 0. The Hall–Kier alpha value is 0.260. The minimum Gasteiger partial charge on any atom is -0.462 e. The largest absolute Gasteiger partial charge is 0.462 e. The number of rotatable bonds is 19. The first-order valence-corrected chi connectivity index (χ1v) is 20.4. The molecule has 6 nitrogen and oxygen atoms in total. The molecule has 0 aromatic carbocycles. The summed E-state index contributed by atoms with van der Waals surface area (Å²) in [6.07, 6.45) is 12.9. The lowest BCUT2D eigenvalue weighted by Gasteiger charge is -2.61. The first-order chi connectivity index (χ1) is 21.0. The molecule has 6 rings (SSSR count). The van der Waals surface area contributed by atoms with Crippen LogP contribution in [0.2, 0.25) is 0 Å². The van der Waals surface area contributed by atoms with Gasteiger partial charge in [0.05, 0.1) is 25.0 Å². The van der Waals surface area contributed by atoms with Gasteiger partial charge in [-0.2, -0.15) is 48.8 Å². The standard InChI is InChI=1S/C33H52O6S4/c34-31(3-11-42-9-1-5-36-29-14-20-13-26(29)24-16-21(40)15-23(20)24)38-7-8-39-32(35)4-12-43-10-2-6-37-30-19-28-25-17-22(41)18-27(25)33(28)30/h20-30,33,40-41H,1-19H2. The van der Waals surface area contributed by atoms with Crippen molar-refractivity contribution in [3.8, 4) is 0 Å². The van der Waals surface area contributed by atoms with Gasteiger partial charge in [0, 0.05) is 35.2 Å². The van der Waals surface area contributed by atoms with Crippen LogP contribution in [0.15, 0.2) is 0 Å². The fourth-order valence-corrected chi connectivity index (χ4v) is 12.3. The van der Waals surface area contributed by atoms with Gasteiger partial charge in [-0.05, 0) is 117 Å². The molecule has 6 saturated carbocycles. The van der Waals surface area contributed by atoms with Gasteiger partial charge < -0.3 is 18.9 Å². The third-order valence-corrected chi connectivity index (χ3v) is 14.5. The van der Waals surface area contributed by atoms with E-state index >= 15 is 0 Å². The van der Waals surface area contributed by atoms with Gasteiger partial charge in [0.25, 0.3) is 0 Å². The van der Waals surface area contributed by atoms with E-state index in [-0.39, 0.29) is 25.2 Å². The highest BCUT2D eigenvalue weighted by Crippen LogP contribution is 2.66. The van der Waals surface area contributed by atoms with Gasteiger partial charge in [-0.1, -0.05) is 0 Å². The quantitative estimate of drug-likeness (QED) is 0.0955. The number of ether oxygens (including phenoxy) is 4. The van der Waals surface area contributed by atoms with Gasteiger partial charge in [0.15, 0.2) is 0 Å². The van der Waals surface area contributed by atoms with Gasteiger partial charge >= 0.3 is 11.9 Å². The average molecular weight is 673 g/mol. The molecule has 2 bridgehead atoms. The van der Waals surface area contributed by atoms with Crippen LogP contribution in [0.25, 0.3) is 0 Å². The van der Waals surface area contributed by atoms with Crippen molar-refractivity contribution < 1.29 is 28.5 Å². The third-order valence-electron chi connectivity index (χ3n) is 11.5. The molecule has 12 atom stereocenters. The van der Waals surface area contributed by atoms with Gasteiger partial charge in [-0.3, -0.25) is 9.59 Å². The zero-order valence-electron chi connectivity index (χ0n) is 25.5. The lowest BCUT2D eigenvalue weighted by atomic mass is 9.46. The summed E-state index contributed by atoms with van der Waals surface area (Å²) in [5.41, 5.74) is 0. The van der Waals surface area contributed by atoms with E-state index in [1.165, 1.54) is 44.9 Å². The maximum absolute atomic E-state index is 12.0. The van der Waals surface area contributed by atoms with Crippen molar-refractivity contribution in [1.82, 2.24) is 0 Å². The molecule has 0 aromatic heterocycles. The lowest BCUT2D eigenvalue weighted by molar-refractivity contribution is -0.199. The van der Waals surface area contributed by atoms with Crippen LogP contribution in [-0.4, -0.2) is 84.1 Å². The van der Waals surface area contributed by atoms with Crippen molar-refractivity contribution in [3.05, 3.63) is 0 Å². The van der Waals surface area contributed by atoms with E-state index in [1.807, 2.05) is 0 Å². The minimum absolute atomic E-state index is 0.131. The molecular formula is C33H52O6S4. The molecule has 6 aliphatic carbocycles. The van der Waals surface area contributed by atoms with Crippen LogP contribution >= 0.6 is 48.8 Å². The van der Waals surface area contributed by atoms with Crippen LogP contribution in [0, 0.1) is 47.3 Å². The molecule has 6 aliphatic rings. The van der Waals surface area contributed by atoms with Crippen LogP contribution < -0.4 is 0 Å². The Morgan fingerprint density at radius 3 is 1.74 bits per heavy atom. The molecule has 0 amide bonds. The van der Waals surface area contributed by atoms with Crippen LogP contribution in [0.4, 0.5) is 0 Å². The van der Waals surface area contributed by atoms with Crippen molar-refractivity contribution in [2.45, 2.75) is 93.3 Å².